The number of thioether (sulfide) groups is 1. The summed E-state index contributed by atoms with van der Waals surface area (Å²) in [6.45, 7) is 5.04. The van der Waals surface area contributed by atoms with E-state index in [2.05, 4.69) is 9.73 Å². The summed E-state index contributed by atoms with van der Waals surface area (Å²) in [5.41, 5.74) is -1.77. The zero-order valence-corrected chi connectivity index (χ0v) is 16.2. The molecule has 12 heteroatoms. The highest BCUT2D eigenvalue weighted by Crippen LogP contribution is 2.40. The lowest BCUT2D eigenvalue weighted by molar-refractivity contribution is -0.278. The van der Waals surface area contributed by atoms with Crippen LogP contribution < -0.4 is 0 Å². The number of carbonyl (C=O) groups excluding carboxylic acids is 1. The third kappa shape index (κ3) is 4.86. The number of aliphatic hydroxyl groups is 2. The molecule has 1 fully saturated rings. The molecule has 2 aliphatic heterocycles. The summed E-state index contributed by atoms with van der Waals surface area (Å²) >= 11 is 0.864. The van der Waals surface area contributed by atoms with Crippen LogP contribution in [0.25, 0.3) is 0 Å². The lowest BCUT2D eigenvalue weighted by Crippen LogP contribution is -2.61. The van der Waals surface area contributed by atoms with Crippen molar-refractivity contribution in [2.75, 3.05) is 14.2 Å². The van der Waals surface area contributed by atoms with E-state index in [1.807, 2.05) is 0 Å². The first-order chi connectivity index (χ1) is 12.3. The second kappa shape index (κ2) is 7.74. The van der Waals surface area contributed by atoms with Gasteiger partial charge in [-0.15, -0.1) is 0 Å². The van der Waals surface area contributed by atoms with Gasteiger partial charge in [0.1, 0.15) is 35.4 Å². The average molecular weight is 416 g/mol. The fourth-order valence-electron chi connectivity index (χ4n) is 2.65. The third-order valence-corrected chi connectivity index (χ3v) is 5.13. The van der Waals surface area contributed by atoms with Crippen LogP contribution in [0.15, 0.2) is 4.99 Å². The van der Waals surface area contributed by atoms with Crippen LogP contribution in [0.1, 0.15) is 20.8 Å². The highest BCUT2D eigenvalue weighted by atomic mass is 32.2. The standard InChI is InChI=1S/C15H23F3N2O6S/c1-14(2,3)26-13(23)20(4)12-19-6-7(21)8(22)9(25-11(6)27-12)10(24-5)15(16,17)18/h6-11,21-22H,1-5H3/t6-,7-,8+,9+,10-,11-/m1/s1. The number of methoxy groups -OCH3 is 1. The van der Waals surface area contributed by atoms with E-state index in [4.69, 9.17) is 9.47 Å². The van der Waals surface area contributed by atoms with E-state index in [1.165, 1.54) is 7.05 Å². The molecule has 0 bridgehead atoms. The van der Waals surface area contributed by atoms with Gasteiger partial charge in [0.25, 0.3) is 0 Å². The number of amidine groups is 1. The molecule has 0 unspecified atom stereocenters. The van der Waals surface area contributed by atoms with Gasteiger partial charge in [-0.2, -0.15) is 13.2 Å². The maximum absolute atomic E-state index is 13.1. The lowest BCUT2D eigenvalue weighted by Gasteiger charge is -2.41. The quantitative estimate of drug-likeness (QED) is 0.701. The highest BCUT2D eigenvalue weighted by Gasteiger charge is 2.57. The molecule has 1 saturated heterocycles. The number of carbonyl (C=O) groups is 1. The van der Waals surface area contributed by atoms with Crippen molar-refractivity contribution in [2.24, 2.45) is 4.99 Å². The van der Waals surface area contributed by atoms with Gasteiger partial charge in [0, 0.05) is 14.2 Å². The van der Waals surface area contributed by atoms with Crippen LogP contribution in [0.2, 0.25) is 0 Å². The predicted octanol–water partition coefficient (Wildman–Crippen LogP) is 1.35. The van der Waals surface area contributed by atoms with E-state index in [0.717, 1.165) is 23.8 Å². The zero-order valence-electron chi connectivity index (χ0n) is 15.4. The number of aliphatic imine (C=N–C) groups is 1. The van der Waals surface area contributed by atoms with Gasteiger partial charge in [0.2, 0.25) is 0 Å². The third-order valence-electron chi connectivity index (χ3n) is 3.92. The van der Waals surface area contributed by atoms with Crippen LogP contribution in [-0.4, -0.2) is 88.2 Å². The van der Waals surface area contributed by atoms with Gasteiger partial charge < -0.3 is 24.4 Å². The molecule has 1 amide bonds. The van der Waals surface area contributed by atoms with Crippen molar-refractivity contribution >= 4 is 23.0 Å². The van der Waals surface area contributed by atoms with Crippen LogP contribution in [0.3, 0.4) is 0 Å². The van der Waals surface area contributed by atoms with Gasteiger partial charge in [-0.3, -0.25) is 9.89 Å². The molecule has 2 heterocycles. The number of nitrogens with zero attached hydrogens (tertiary/aromatic N) is 2. The topological polar surface area (TPSA) is 101 Å². The summed E-state index contributed by atoms with van der Waals surface area (Å²) in [5.74, 6) is 0. The van der Waals surface area contributed by atoms with Crippen LogP contribution in [0.4, 0.5) is 18.0 Å². The predicted molar refractivity (Wildman–Crippen MR) is 90.3 cm³/mol. The number of ether oxygens (including phenoxy) is 3. The molecule has 0 aliphatic carbocycles. The number of aliphatic hydroxyl groups excluding tert-OH is 2. The Morgan fingerprint density at radius 2 is 1.89 bits per heavy atom. The molecular weight excluding hydrogens is 393 g/mol. The minimum absolute atomic E-state index is 0.104. The van der Waals surface area contributed by atoms with Gasteiger partial charge in [0.05, 0.1) is 0 Å². The molecular formula is C15H23F3N2O6S. The zero-order chi connectivity index (χ0) is 20.7. The van der Waals surface area contributed by atoms with Crippen LogP contribution in [0, 0.1) is 0 Å². The van der Waals surface area contributed by atoms with E-state index in [1.54, 1.807) is 20.8 Å². The van der Waals surface area contributed by atoms with Crippen molar-refractivity contribution in [3.05, 3.63) is 0 Å². The molecule has 0 radical (unpaired) electrons. The average Bonchev–Trinajstić information content (AvgIpc) is 2.93. The van der Waals surface area contributed by atoms with Gasteiger partial charge in [-0.25, -0.2) is 4.79 Å². The first-order valence-electron chi connectivity index (χ1n) is 8.08. The monoisotopic (exact) mass is 416 g/mol. The number of fused-ring (bicyclic) bond motifs is 1. The van der Waals surface area contributed by atoms with Crippen molar-refractivity contribution < 1.29 is 42.4 Å². The lowest BCUT2D eigenvalue weighted by atomic mass is 9.94. The van der Waals surface area contributed by atoms with Gasteiger partial charge in [0.15, 0.2) is 11.3 Å². The van der Waals surface area contributed by atoms with Crippen molar-refractivity contribution in [3.8, 4) is 0 Å². The maximum atomic E-state index is 13.1. The largest absolute Gasteiger partial charge is 0.443 e. The molecule has 0 spiro atoms. The second-order valence-corrected chi connectivity index (χ2v) is 8.27. The molecule has 8 nitrogen and oxygen atoms in total. The molecule has 0 aromatic carbocycles. The Balaban J connectivity index is 2.16. The molecule has 2 N–H and O–H groups in total. The Bertz CT molecular complexity index is 597. The first-order valence-corrected chi connectivity index (χ1v) is 8.96. The number of hydrogen-bond acceptors (Lipinski definition) is 8. The van der Waals surface area contributed by atoms with E-state index in [-0.39, 0.29) is 5.17 Å². The minimum atomic E-state index is -4.80. The van der Waals surface area contributed by atoms with Crippen molar-refractivity contribution in [2.45, 2.75) is 68.4 Å². The van der Waals surface area contributed by atoms with Crippen molar-refractivity contribution in [1.29, 1.82) is 0 Å². The molecule has 0 aromatic heterocycles. The van der Waals surface area contributed by atoms with E-state index < -0.39 is 53.8 Å². The Morgan fingerprint density at radius 1 is 1.30 bits per heavy atom. The molecule has 6 atom stereocenters. The van der Waals surface area contributed by atoms with E-state index >= 15 is 0 Å². The molecule has 2 rings (SSSR count). The fourth-order valence-corrected chi connectivity index (χ4v) is 3.82. The highest BCUT2D eigenvalue weighted by molar-refractivity contribution is 8.14. The van der Waals surface area contributed by atoms with E-state index in [0.29, 0.717) is 0 Å². The molecule has 2 aliphatic rings. The summed E-state index contributed by atoms with van der Waals surface area (Å²) in [6, 6.07) is -1.04. The van der Waals surface area contributed by atoms with E-state index in [9.17, 15) is 28.2 Å². The summed E-state index contributed by atoms with van der Waals surface area (Å²) < 4.78 is 54.3. The van der Waals surface area contributed by atoms with Crippen LogP contribution in [-0.2, 0) is 14.2 Å². The Labute approximate surface area is 158 Å². The SMILES string of the molecule is CO[C@H]([C@H]1O[C@@H]2SC(N(C)C(=O)OC(C)(C)C)=N[C@@H]2[C@@H](O)[C@@H]1O)C(F)(F)F. The Kier molecular flexibility index (Phi) is 6.37. The smallest absolute Gasteiger partial charge is 0.417 e. The second-order valence-electron chi connectivity index (χ2n) is 7.21. The number of hydrogen-bond donors (Lipinski definition) is 2. The Morgan fingerprint density at radius 3 is 2.37 bits per heavy atom. The number of amides is 1. The van der Waals surface area contributed by atoms with Crippen molar-refractivity contribution in [1.82, 2.24) is 4.90 Å². The molecule has 0 saturated carbocycles. The summed E-state index contributed by atoms with van der Waals surface area (Å²) in [4.78, 5) is 17.3. The van der Waals surface area contributed by atoms with Crippen molar-refractivity contribution in [3.63, 3.8) is 0 Å². The maximum Gasteiger partial charge on any atom is 0.417 e. The van der Waals surface area contributed by atoms with Crippen LogP contribution in [0.5, 0.6) is 0 Å². The summed E-state index contributed by atoms with van der Waals surface area (Å²) in [6.07, 6.45) is -13.3. The first kappa shape index (κ1) is 22.2. The summed E-state index contributed by atoms with van der Waals surface area (Å²) in [5, 5.41) is 20.4. The fraction of sp³-hybridized carbons (Fsp3) is 0.867. The van der Waals surface area contributed by atoms with Gasteiger partial charge in [-0.05, 0) is 20.8 Å². The normalized spacial score (nSPS) is 32.5. The molecule has 27 heavy (non-hydrogen) atoms. The number of halogens is 3. The molecule has 0 aromatic rings. The minimum Gasteiger partial charge on any atom is -0.443 e. The number of rotatable bonds is 2. The summed E-state index contributed by atoms with van der Waals surface area (Å²) in [7, 11) is 2.22. The number of alkyl halides is 3. The van der Waals surface area contributed by atoms with Crippen LogP contribution >= 0.6 is 11.8 Å². The Hall–Kier alpha value is -1.08. The molecule has 156 valence electrons. The van der Waals surface area contributed by atoms with Gasteiger partial charge >= 0.3 is 12.3 Å². The van der Waals surface area contributed by atoms with Gasteiger partial charge in [-0.1, -0.05) is 11.8 Å².